The fraction of sp³-hybridized carbons (Fsp3) is 0.455. The second kappa shape index (κ2) is 3.94. The number of hydrogen-bond acceptors (Lipinski definition) is 5. The molecule has 0 unspecified atom stereocenters. The number of carbonyl (C=O) groups excluding carboxylic acids is 1. The first-order valence-electron chi connectivity index (χ1n) is 5.61. The first kappa shape index (κ1) is 11.5. The van der Waals surface area contributed by atoms with Gasteiger partial charge in [-0.15, -0.1) is 0 Å². The molecular weight excluding hydrogens is 252 g/mol. The molecule has 0 atom stereocenters. The molecule has 0 saturated heterocycles. The molecule has 7 heteroatoms. The number of aromatic nitrogens is 4. The molecule has 6 nitrogen and oxygen atoms in total. The number of ketones is 1. The molecule has 18 heavy (non-hydrogen) atoms. The second-order valence-electron chi connectivity index (χ2n) is 4.38. The van der Waals surface area contributed by atoms with E-state index in [0.717, 1.165) is 0 Å². The normalized spacial score (nSPS) is 16.2. The van der Waals surface area contributed by atoms with Crippen LogP contribution in [0, 0.1) is 0 Å². The number of fused-ring (bicyclic) bond motifs is 1. The fourth-order valence-corrected chi connectivity index (χ4v) is 2.53. The fourth-order valence-electron chi connectivity index (χ4n) is 2.20. The number of Topliss-reactive ketones (excluding diaryl/α,β-unsaturated/α-hetero) is 1. The third-order valence-corrected chi connectivity index (χ3v) is 3.85. The Bertz CT molecular complexity index is 695. The van der Waals surface area contributed by atoms with Gasteiger partial charge < -0.3 is 0 Å². The maximum absolute atomic E-state index is 12.2. The van der Waals surface area contributed by atoms with E-state index in [1.165, 1.54) is 16.3 Å². The summed E-state index contributed by atoms with van der Waals surface area (Å²) in [4.78, 5) is 31.8. The average molecular weight is 264 g/mol. The van der Waals surface area contributed by atoms with Crippen LogP contribution in [0.1, 0.15) is 18.9 Å². The Hall–Kier alpha value is -1.63. The van der Waals surface area contributed by atoms with Crippen LogP contribution in [0.15, 0.2) is 16.1 Å². The van der Waals surface area contributed by atoms with Gasteiger partial charge in [-0.05, 0) is 6.26 Å². The molecule has 1 aliphatic carbocycles. The number of hydrogen-bond donors (Lipinski definition) is 0. The highest BCUT2D eigenvalue weighted by molar-refractivity contribution is 7.98. The van der Waals surface area contributed by atoms with E-state index in [-0.39, 0.29) is 17.5 Å². The molecule has 1 fully saturated rings. The van der Waals surface area contributed by atoms with Gasteiger partial charge >= 0.3 is 5.69 Å². The summed E-state index contributed by atoms with van der Waals surface area (Å²) in [6.07, 6.45) is 4.40. The molecule has 0 radical (unpaired) electrons. The van der Waals surface area contributed by atoms with Crippen LogP contribution in [0.3, 0.4) is 0 Å². The monoisotopic (exact) mass is 264 g/mol. The molecular formula is C11H12N4O2S. The molecule has 1 aliphatic rings. The highest BCUT2D eigenvalue weighted by Gasteiger charge is 2.32. The molecule has 2 aromatic heterocycles. The summed E-state index contributed by atoms with van der Waals surface area (Å²) in [5.74, 6) is 0.197. The lowest BCUT2D eigenvalue weighted by molar-refractivity contribution is -0.126. The van der Waals surface area contributed by atoms with Gasteiger partial charge in [0.25, 0.3) is 0 Å². The largest absolute Gasteiger partial charge is 0.330 e. The van der Waals surface area contributed by atoms with Crippen molar-refractivity contribution in [3.8, 4) is 0 Å². The standard InChI is InChI=1S/C11H12N4O2S/c1-14-8-5-12-10(18-2)13-9(8)15(11(14)17)6-3-7(16)4-6/h5-6H,3-4H2,1-2H3. The van der Waals surface area contributed by atoms with Gasteiger partial charge in [-0.2, -0.15) is 0 Å². The van der Waals surface area contributed by atoms with E-state index in [9.17, 15) is 9.59 Å². The van der Waals surface area contributed by atoms with Crippen LogP contribution < -0.4 is 5.69 Å². The summed E-state index contributed by atoms with van der Waals surface area (Å²) in [6, 6.07) is -0.0432. The van der Waals surface area contributed by atoms with Crippen LogP contribution in [0.4, 0.5) is 0 Å². The van der Waals surface area contributed by atoms with Gasteiger partial charge in [-0.3, -0.25) is 13.9 Å². The van der Waals surface area contributed by atoms with E-state index < -0.39 is 0 Å². The van der Waals surface area contributed by atoms with Gasteiger partial charge in [0.05, 0.1) is 12.2 Å². The lowest BCUT2D eigenvalue weighted by Crippen LogP contribution is -2.34. The second-order valence-corrected chi connectivity index (χ2v) is 5.15. The van der Waals surface area contributed by atoms with E-state index in [4.69, 9.17) is 0 Å². The number of carbonyl (C=O) groups is 1. The zero-order valence-corrected chi connectivity index (χ0v) is 10.9. The predicted molar refractivity (Wildman–Crippen MR) is 67.8 cm³/mol. The van der Waals surface area contributed by atoms with Crippen molar-refractivity contribution in [1.29, 1.82) is 0 Å². The van der Waals surface area contributed by atoms with Crippen LogP contribution in [-0.2, 0) is 11.8 Å². The van der Waals surface area contributed by atoms with E-state index in [1.807, 2.05) is 6.26 Å². The summed E-state index contributed by atoms with van der Waals surface area (Å²) >= 11 is 1.43. The first-order chi connectivity index (χ1) is 8.61. The molecule has 1 saturated carbocycles. The molecule has 0 bridgehead atoms. The van der Waals surface area contributed by atoms with Crippen LogP contribution >= 0.6 is 11.8 Å². The smallest absolute Gasteiger partial charge is 0.300 e. The van der Waals surface area contributed by atoms with Crippen LogP contribution in [-0.4, -0.2) is 31.1 Å². The predicted octanol–water partition coefficient (Wildman–Crippen LogP) is 0.756. The lowest BCUT2D eigenvalue weighted by atomic mass is 9.91. The van der Waals surface area contributed by atoms with Crippen molar-refractivity contribution in [2.75, 3.05) is 6.26 Å². The number of imidazole rings is 1. The van der Waals surface area contributed by atoms with Gasteiger partial charge in [0, 0.05) is 19.9 Å². The van der Waals surface area contributed by atoms with Gasteiger partial charge in [-0.25, -0.2) is 14.8 Å². The molecule has 2 aromatic rings. The van der Waals surface area contributed by atoms with E-state index in [0.29, 0.717) is 29.2 Å². The topological polar surface area (TPSA) is 69.8 Å². The van der Waals surface area contributed by atoms with Crippen molar-refractivity contribution >= 4 is 28.7 Å². The van der Waals surface area contributed by atoms with Gasteiger partial charge in [0.1, 0.15) is 11.3 Å². The molecule has 0 aromatic carbocycles. The highest BCUT2D eigenvalue weighted by Crippen LogP contribution is 2.29. The molecule has 3 rings (SSSR count). The molecule has 0 amide bonds. The molecule has 0 spiro atoms. The van der Waals surface area contributed by atoms with Crippen LogP contribution in [0.5, 0.6) is 0 Å². The van der Waals surface area contributed by atoms with Gasteiger partial charge in [-0.1, -0.05) is 11.8 Å². The third-order valence-electron chi connectivity index (χ3n) is 3.28. The Labute approximate surface area is 107 Å². The van der Waals surface area contributed by atoms with E-state index in [2.05, 4.69) is 9.97 Å². The van der Waals surface area contributed by atoms with E-state index in [1.54, 1.807) is 17.8 Å². The third kappa shape index (κ3) is 1.50. The van der Waals surface area contributed by atoms with Crippen LogP contribution in [0.25, 0.3) is 11.2 Å². The number of rotatable bonds is 2. The summed E-state index contributed by atoms with van der Waals surface area (Å²) in [6.45, 7) is 0. The van der Waals surface area contributed by atoms with Crippen molar-refractivity contribution in [1.82, 2.24) is 19.1 Å². The maximum Gasteiger partial charge on any atom is 0.330 e. The quantitative estimate of drug-likeness (QED) is 0.591. The molecule has 0 N–H and O–H groups in total. The van der Waals surface area contributed by atoms with E-state index >= 15 is 0 Å². The Kier molecular flexibility index (Phi) is 2.51. The Morgan fingerprint density at radius 1 is 1.39 bits per heavy atom. The summed E-state index contributed by atoms with van der Waals surface area (Å²) in [7, 11) is 1.70. The van der Waals surface area contributed by atoms with Crippen molar-refractivity contribution in [3.05, 3.63) is 16.7 Å². The SMILES string of the molecule is CSc1ncc2c(n1)n(C1CC(=O)C1)c(=O)n2C. The molecule has 2 heterocycles. The van der Waals surface area contributed by atoms with Crippen molar-refractivity contribution < 1.29 is 4.79 Å². The Balaban J connectivity index is 2.25. The van der Waals surface area contributed by atoms with Crippen LogP contribution in [0.2, 0.25) is 0 Å². The lowest BCUT2D eigenvalue weighted by Gasteiger charge is -2.24. The highest BCUT2D eigenvalue weighted by atomic mass is 32.2. The Morgan fingerprint density at radius 2 is 2.11 bits per heavy atom. The van der Waals surface area contributed by atoms with Gasteiger partial charge in [0.15, 0.2) is 10.8 Å². The first-order valence-corrected chi connectivity index (χ1v) is 6.84. The number of aryl methyl sites for hydroxylation is 1. The van der Waals surface area contributed by atoms with Gasteiger partial charge in [0.2, 0.25) is 0 Å². The minimum absolute atomic E-state index is 0.0432. The minimum atomic E-state index is -0.130. The zero-order chi connectivity index (χ0) is 12.9. The summed E-state index contributed by atoms with van der Waals surface area (Å²) in [5.41, 5.74) is 1.20. The summed E-state index contributed by atoms with van der Waals surface area (Å²) < 4.78 is 3.15. The average Bonchev–Trinajstić information content (AvgIpc) is 2.58. The Morgan fingerprint density at radius 3 is 2.72 bits per heavy atom. The maximum atomic E-state index is 12.2. The molecule has 0 aliphatic heterocycles. The summed E-state index contributed by atoms with van der Waals surface area (Å²) in [5, 5.41) is 0.632. The van der Waals surface area contributed by atoms with Crippen molar-refractivity contribution in [3.63, 3.8) is 0 Å². The minimum Gasteiger partial charge on any atom is -0.300 e. The van der Waals surface area contributed by atoms with Crippen molar-refractivity contribution in [2.24, 2.45) is 7.05 Å². The number of thioether (sulfide) groups is 1. The number of nitrogens with zero attached hydrogens (tertiary/aromatic N) is 4. The van der Waals surface area contributed by atoms with Crippen molar-refractivity contribution in [2.45, 2.75) is 24.0 Å². The molecule has 94 valence electrons. The zero-order valence-electron chi connectivity index (χ0n) is 10.1.